The number of pyridine rings is 2. The van der Waals surface area contributed by atoms with E-state index < -0.39 is 6.61 Å². The van der Waals surface area contributed by atoms with Crippen LogP contribution in [0.15, 0.2) is 41.2 Å². The maximum atomic E-state index is 13.3. The molecule has 7 nitrogen and oxygen atoms in total. The minimum atomic E-state index is -2.92. The smallest absolute Gasteiger partial charge is 0.387 e. The first-order chi connectivity index (χ1) is 13.9. The molecular formula is C20H18F2N4O3. The minimum absolute atomic E-state index is 0.00109. The fourth-order valence-electron chi connectivity index (χ4n) is 3.30. The fraction of sp³-hybridized carbons (Fsp3) is 0.250. The number of nitrogens with zero attached hydrogens (tertiary/aromatic N) is 4. The normalized spacial score (nSPS) is 11.5. The Hall–Kier alpha value is -3.49. The number of fused-ring (bicyclic) bond motifs is 3. The van der Waals surface area contributed by atoms with E-state index in [1.54, 1.807) is 6.07 Å². The van der Waals surface area contributed by atoms with Crippen LogP contribution in [0.1, 0.15) is 12.7 Å². The summed E-state index contributed by atoms with van der Waals surface area (Å²) in [6, 6.07) is 9.37. The first kappa shape index (κ1) is 18.9. The average Bonchev–Trinajstić information content (AvgIpc) is 2.98. The van der Waals surface area contributed by atoms with Gasteiger partial charge in [0.25, 0.3) is 5.56 Å². The second-order valence-electron chi connectivity index (χ2n) is 6.38. The van der Waals surface area contributed by atoms with E-state index >= 15 is 0 Å². The zero-order chi connectivity index (χ0) is 20.7. The highest BCUT2D eigenvalue weighted by molar-refractivity contribution is 6.02. The van der Waals surface area contributed by atoms with Crippen LogP contribution < -0.4 is 15.0 Å². The summed E-state index contributed by atoms with van der Waals surface area (Å²) >= 11 is 0. The van der Waals surface area contributed by atoms with Gasteiger partial charge in [0.05, 0.1) is 17.8 Å². The van der Waals surface area contributed by atoms with Gasteiger partial charge in [-0.15, -0.1) is 0 Å². The number of alkyl halides is 2. The highest BCUT2D eigenvalue weighted by Gasteiger charge is 2.19. The zero-order valence-corrected chi connectivity index (χ0v) is 16.0. The molecule has 0 radical (unpaired) electrons. The predicted octanol–water partition coefficient (Wildman–Crippen LogP) is 3.58. The quantitative estimate of drug-likeness (QED) is 0.512. The monoisotopic (exact) mass is 400 g/mol. The van der Waals surface area contributed by atoms with Crippen LogP contribution in [0.4, 0.5) is 8.78 Å². The SMILES string of the molecule is CCOc1ccc2c3c(nc(C)n3C)c(=O)n(-c3ccc(OC(F)F)cc3)c2n1. The van der Waals surface area contributed by atoms with Crippen molar-refractivity contribution in [1.82, 2.24) is 19.1 Å². The standard InChI is InChI=1S/C20H18F2N4O3/c1-4-28-15-10-9-14-17-16(23-11(2)25(17)3)19(27)26(18(14)24-15)12-5-7-13(8-6-12)29-20(21)22/h5-10,20H,4H2,1-3H3. The molecule has 0 N–H and O–H groups in total. The van der Waals surface area contributed by atoms with Crippen molar-refractivity contribution in [3.05, 3.63) is 52.6 Å². The van der Waals surface area contributed by atoms with Crippen molar-refractivity contribution in [3.8, 4) is 17.3 Å². The van der Waals surface area contributed by atoms with Crippen molar-refractivity contribution in [1.29, 1.82) is 0 Å². The number of aryl methyl sites for hydroxylation is 2. The van der Waals surface area contributed by atoms with Crippen LogP contribution in [-0.4, -0.2) is 32.3 Å². The molecule has 0 spiro atoms. The van der Waals surface area contributed by atoms with Crippen molar-refractivity contribution in [3.63, 3.8) is 0 Å². The van der Waals surface area contributed by atoms with Crippen LogP contribution in [0.3, 0.4) is 0 Å². The van der Waals surface area contributed by atoms with Crippen LogP contribution in [0.5, 0.6) is 11.6 Å². The molecule has 0 amide bonds. The lowest BCUT2D eigenvalue weighted by Gasteiger charge is -2.13. The van der Waals surface area contributed by atoms with E-state index in [1.165, 1.54) is 28.8 Å². The Labute approximate surface area is 164 Å². The second-order valence-corrected chi connectivity index (χ2v) is 6.38. The van der Waals surface area contributed by atoms with Crippen LogP contribution >= 0.6 is 0 Å². The van der Waals surface area contributed by atoms with Crippen molar-refractivity contribution in [2.75, 3.05) is 6.61 Å². The molecule has 0 fully saturated rings. The third-order valence-corrected chi connectivity index (χ3v) is 4.65. The van der Waals surface area contributed by atoms with Crippen molar-refractivity contribution in [2.24, 2.45) is 7.05 Å². The van der Waals surface area contributed by atoms with Gasteiger partial charge in [-0.1, -0.05) is 0 Å². The van der Waals surface area contributed by atoms with Gasteiger partial charge in [0, 0.05) is 18.5 Å². The van der Waals surface area contributed by atoms with E-state index in [1.807, 2.05) is 31.5 Å². The molecule has 0 saturated heterocycles. The summed E-state index contributed by atoms with van der Waals surface area (Å²) in [5, 5.41) is 0.721. The lowest BCUT2D eigenvalue weighted by molar-refractivity contribution is -0.0498. The summed E-state index contributed by atoms with van der Waals surface area (Å²) in [5.41, 5.74) is 1.45. The highest BCUT2D eigenvalue weighted by Crippen LogP contribution is 2.27. The molecule has 150 valence electrons. The molecule has 4 aromatic rings. The third kappa shape index (κ3) is 3.18. The Morgan fingerprint density at radius 3 is 2.48 bits per heavy atom. The maximum absolute atomic E-state index is 13.3. The molecule has 0 bridgehead atoms. The topological polar surface area (TPSA) is 71.2 Å². The largest absolute Gasteiger partial charge is 0.478 e. The fourth-order valence-corrected chi connectivity index (χ4v) is 3.30. The number of hydrogen-bond donors (Lipinski definition) is 0. The minimum Gasteiger partial charge on any atom is -0.478 e. The molecule has 0 atom stereocenters. The van der Waals surface area contributed by atoms with Crippen LogP contribution in [-0.2, 0) is 7.05 Å². The van der Waals surface area contributed by atoms with Crippen LogP contribution in [0.25, 0.3) is 27.8 Å². The number of imidazole rings is 1. The van der Waals surface area contributed by atoms with Gasteiger partial charge in [0.1, 0.15) is 11.6 Å². The summed E-state index contributed by atoms with van der Waals surface area (Å²) in [4.78, 5) is 22.2. The average molecular weight is 400 g/mol. The Bertz CT molecular complexity index is 1260. The number of hydrogen-bond acceptors (Lipinski definition) is 5. The first-order valence-corrected chi connectivity index (χ1v) is 8.97. The summed E-state index contributed by atoms with van der Waals surface area (Å²) in [5.74, 6) is 1.06. The van der Waals surface area contributed by atoms with E-state index in [4.69, 9.17) is 4.74 Å². The van der Waals surface area contributed by atoms with Gasteiger partial charge in [-0.25, -0.2) is 4.98 Å². The van der Waals surface area contributed by atoms with Crippen molar-refractivity contribution in [2.45, 2.75) is 20.5 Å². The third-order valence-electron chi connectivity index (χ3n) is 4.65. The molecule has 0 aliphatic carbocycles. The van der Waals surface area contributed by atoms with Crippen LogP contribution in [0.2, 0.25) is 0 Å². The molecule has 29 heavy (non-hydrogen) atoms. The van der Waals surface area contributed by atoms with Gasteiger partial charge < -0.3 is 14.0 Å². The lowest BCUT2D eigenvalue weighted by atomic mass is 10.2. The Balaban J connectivity index is 2.03. The van der Waals surface area contributed by atoms with Gasteiger partial charge in [-0.2, -0.15) is 13.8 Å². The molecular weight excluding hydrogens is 382 g/mol. The van der Waals surface area contributed by atoms with Gasteiger partial charge in [0.15, 0.2) is 11.2 Å². The summed E-state index contributed by atoms with van der Waals surface area (Å²) < 4.78 is 38.0. The van der Waals surface area contributed by atoms with E-state index in [-0.39, 0.29) is 11.3 Å². The summed E-state index contributed by atoms with van der Waals surface area (Å²) in [6.07, 6.45) is 0. The summed E-state index contributed by atoms with van der Waals surface area (Å²) in [6.45, 7) is 1.16. The Morgan fingerprint density at radius 1 is 1.10 bits per heavy atom. The van der Waals surface area contributed by atoms with Gasteiger partial charge in [-0.3, -0.25) is 9.36 Å². The molecule has 0 saturated carbocycles. The summed E-state index contributed by atoms with van der Waals surface area (Å²) in [7, 11) is 1.83. The van der Waals surface area contributed by atoms with E-state index in [0.29, 0.717) is 40.7 Å². The zero-order valence-electron chi connectivity index (χ0n) is 16.0. The molecule has 3 aromatic heterocycles. The van der Waals surface area contributed by atoms with Gasteiger partial charge >= 0.3 is 6.61 Å². The number of rotatable bonds is 5. The number of halogens is 2. The number of aromatic nitrogens is 4. The number of ether oxygens (including phenoxy) is 2. The first-order valence-electron chi connectivity index (χ1n) is 8.97. The van der Waals surface area contributed by atoms with Crippen molar-refractivity contribution < 1.29 is 18.3 Å². The number of benzene rings is 1. The molecule has 0 aliphatic rings. The van der Waals surface area contributed by atoms with Crippen LogP contribution in [0, 0.1) is 6.92 Å². The molecule has 4 rings (SSSR count). The molecule has 0 unspecified atom stereocenters. The van der Waals surface area contributed by atoms with E-state index in [9.17, 15) is 13.6 Å². The molecule has 3 heterocycles. The Kier molecular flexibility index (Phi) is 4.65. The Morgan fingerprint density at radius 2 is 1.83 bits per heavy atom. The van der Waals surface area contributed by atoms with E-state index in [0.717, 1.165) is 5.39 Å². The second kappa shape index (κ2) is 7.16. The highest BCUT2D eigenvalue weighted by atomic mass is 19.3. The van der Waals surface area contributed by atoms with Gasteiger partial charge in [-0.05, 0) is 44.2 Å². The lowest BCUT2D eigenvalue weighted by Crippen LogP contribution is -2.20. The van der Waals surface area contributed by atoms with Gasteiger partial charge in [0.2, 0.25) is 5.88 Å². The van der Waals surface area contributed by atoms with E-state index in [2.05, 4.69) is 14.7 Å². The molecule has 9 heteroatoms. The molecule has 1 aromatic carbocycles. The van der Waals surface area contributed by atoms with Crippen molar-refractivity contribution >= 4 is 22.1 Å². The molecule has 0 aliphatic heterocycles. The predicted molar refractivity (Wildman–Crippen MR) is 104 cm³/mol. The maximum Gasteiger partial charge on any atom is 0.387 e.